The van der Waals surface area contributed by atoms with Crippen LogP contribution in [0.15, 0.2) is 0 Å². The summed E-state index contributed by atoms with van der Waals surface area (Å²) in [6.07, 6.45) is 3.88. The first-order valence-corrected chi connectivity index (χ1v) is 6.07. The second-order valence-corrected chi connectivity index (χ2v) is 4.44. The summed E-state index contributed by atoms with van der Waals surface area (Å²) in [5, 5.41) is 6.23. The molecular formula is C11H21N3O. The number of hydrogen-bond acceptors (Lipinski definition) is 3. The van der Waals surface area contributed by atoms with Crippen molar-refractivity contribution in [3.8, 4) is 0 Å². The summed E-state index contributed by atoms with van der Waals surface area (Å²) in [4.78, 5) is 14.3. The molecule has 4 nitrogen and oxygen atoms in total. The maximum Gasteiger partial charge on any atom is 0.238 e. The Kier molecular flexibility index (Phi) is 3.59. The first-order chi connectivity index (χ1) is 7.33. The van der Waals surface area contributed by atoms with Crippen molar-refractivity contribution in [2.24, 2.45) is 0 Å². The van der Waals surface area contributed by atoms with Crippen LogP contribution in [0.1, 0.15) is 26.2 Å². The molecule has 2 N–H and O–H groups in total. The topological polar surface area (TPSA) is 44.4 Å². The molecule has 0 aromatic heterocycles. The lowest BCUT2D eigenvalue weighted by atomic mass is 9.89. The van der Waals surface area contributed by atoms with Gasteiger partial charge in [-0.15, -0.1) is 0 Å². The predicted molar refractivity (Wildman–Crippen MR) is 59.7 cm³/mol. The minimum Gasteiger partial charge on any atom is -0.355 e. The van der Waals surface area contributed by atoms with Crippen molar-refractivity contribution in [3.05, 3.63) is 0 Å². The summed E-state index contributed by atoms with van der Waals surface area (Å²) < 4.78 is 0. The average Bonchev–Trinajstić information content (AvgIpc) is 2.16. The van der Waals surface area contributed by atoms with Gasteiger partial charge in [-0.1, -0.05) is 6.42 Å². The van der Waals surface area contributed by atoms with Gasteiger partial charge < -0.3 is 10.6 Å². The van der Waals surface area contributed by atoms with Gasteiger partial charge in [0.1, 0.15) is 6.04 Å². The fourth-order valence-electron chi connectivity index (χ4n) is 2.41. The van der Waals surface area contributed by atoms with E-state index < -0.39 is 0 Å². The second kappa shape index (κ2) is 4.94. The highest BCUT2D eigenvalue weighted by atomic mass is 16.2. The summed E-state index contributed by atoms with van der Waals surface area (Å²) in [5.41, 5.74) is 0. The molecule has 1 aliphatic heterocycles. The van der Waals surface area contributed by atoms with Crippen molar-refractivity contribution < 1.29 is 4.79 Å². The Bertz CT molecular complexity index is 228. The highest BCUT2D eigenvalue weighted by molar-refractivity contribution is 5.82. The number of hydrogen-bond donors (Lipinski definition) is 2. The first kappa shape index (κ1) is 10.9. The van der Waals surface area contributed by atoms with Gasteiger partial charge in [-0.25, -0.2) is 0 Å². The zero-order valence-corrected chi connectivity index (χ0v) is 9.46. The van der Waals surface area contributed by atoms with Crippen molar-refractivity contribution in [3.63, 3.8) is 0 Å². The van der Waals surface area contributed by atoms with E-state index in [2.05, 4.69) is 15.5 Å². The van der Waals surface area contributed by atoms with Crippen LogP contribution >= 0.6 is 0 Å². The Balaban J connectivity index is 1.95. The average molecular weight is 211 g/mol. The molecule has 2 fully saturated rings. The Morgan fingerprint density at radius 2 is 2.33 bits per heavy atom. The monoisotopic (exact) mass is 211 g/mol. The molecule has 1 amide bonds. The predicted octanol–water partition coefficient (Wildman–Crippen LogP) is -0.0512. The molecule has 0 bridgehead atoms. The molecule has 1 aliphatic carbocycles. The number of likely N-dealkylation sites (N-methyl/N-ethyl adjacent to an activating group) is 1. The Hall–Kier alpha value is -0.610. The molecule has 0 spiro atoms. The lowest BCUT2D eigenvalue weighted by Gasteiger charge is -2.44. The largest absolute Gasteiger partial charge is 0.355 e. The number of piperazine rings is 1. The van der Waals surface area contributed by atoms with Crippen molar-refractivity contribution >= 4 is 5.91 Å². The molecule has 15 heavy (non-hydrogen) atoms. The van der Waals surface area contributed by atoms with Crippen LogP contribution in [0.2, 0.25) is 0 Å². The second-order valence-electron chi connectivity index (χ2n) is 4.44. The molecule has 1 atom stereocenters. The smallest absolute Gasteiger partial charge is 0.238 e. The molecule has 0 aromatic rings. The summed E-state index contributed by atoms with van der Waals surface area (Å²) >= 11 is 0. The van der Waals surface area contributed by atoms with Gasteiger partial charge >= 0.3 is 0 Å². The zero-order valence-electron chi connectivity index (χ0n) is 9.46. The fourth-order valence-corrected chi connectivity index (χ4v) is 2.41. The van der Waals surface area contributed by atoms with Crippen molar-refractivity contribution in [1.82, 2.24) is 15.5 Å². The Labute approximate surface area is 91.4 Å². The van der Waals surface area contributed by atoms with Crippen LogP contribution in [0.5, 0.6) is 0 Å². The van der Waals surface area contributed by atoms with Crippen LogP contribution in [-0.2, 0) is 4.79 Å². The van der Waals surface area contributed by atoms with E-state index in [0.29, 0.717) is 6.04 Å². The number of nitrogens with zero attached hydrogens (tertiary/aromatic N) is 1. The standard InChI is InChI=1S/C11H21N3O/c1-2-13-11(15)10-8-12-6-7-14(10)9-4-3-5-9/h9-10,12H,2-8H2,1H3,(H,13,15). The van der Waals surface area contributed by atoms with E-state index in [1.54, 1.807) is 0 Å². The van der Waals surface area contributed by atoms with E-state index in [9.17, 15) is 4.79 Å². The van der Waals surface area contributed by atoms with Crippen molar-refractivity contribution in [1.29, 1.82) is 0 Å². The van der Waals surface area contributed by atoms with Crippen molar-refractivity contribution in [2.75, 3.05) is 26.2 Å². The van der Waals surface area contributed by atoms with Gasteiger partial charge in [-0.3, -0.25) is 9.69 Å². The molecule has 1 saturated heterocycles. The summed E-state index contributed by atoms with van der Waals surface area (Å²) in [5.74, 6) is 0.191. The van der Waals surface area contributed by atoms with Gasteiger partial charge in [-0.05, 0) is 19.8 Å². The fraction of sp³-hybridized carbons (Fsp3) is 0.909. The molecule has 1 unspecified atom stereocenters. The van der Waals surface area contributed by atoms with Crippen LogP contribution in [0.4, 0.5) is 0 Å². The van der Waals surface area contributed by atoms with Gasteiger partial charge in [-0.2, -0.15) is 0 Å². The summed E-state index contributed by atoms with van der Waals surface area (Å²) in [6, 6.07) is 0.726. The Morgan fingerprint density at radius 3 is 2.93 bits per heavy atom. The molecule has 0 aromatic carbocycles. The highest BCUT2D eigenvalue weighted by Gasteiger charge is 2.35. The van der Waals surface area contributed by atoms with E-state index in [-0.39, 0.29) is 11.9 Å². The number of nitrogens with one attached hydrogen (secondary N) is 2. The van der Waals surface area contributed by atoms with Crippen molar-refractivity contribution in [2.45, 2.75) is 38.3 Å². The van der Waals surface area contributed by atoms with Gasteiger partial charge in [0.15, 0.2) is 0 Å². The summed E-state index contributed by atoms with van der Waals surface area (Å²) in [6.45, 7) is 5.55. The van der Waals surface area contributed by atoms with Crippen LogP contribution in [0.3, 0.4) is 0 Å². The molecule has 86 valence electrons. The molecule has 2 aliphatic rings. The van der Waals surface area contributed by atoms with E-state index in [1.165, 1.54) is 19.3 Å². The quantitative estimate of drug-likeness (QED) is 0.688. The Morgan fingerprint density at radius 1 is 1.53 bits per heavy atom. The molecule has 4 heteroatoms. The third-order valence-electron chi connectivity index (χ3n) is 3.48. The first-order valence-electron chi connectivity index (χ1n) is 6.07. The molecule has 2 rings (SSSR count). The third-order valence-corrected chi connectivity index (χ3v) is 3.48. The number of carbonyl (C=O) groups is 1. The van der Waals surface area contributed by atoms with E-state index in [0.717, 1.165) is 26.2 Å². The van der Waals surface area contributed by atoms with Gasteiger partial charge in [0.25, 0.3) is 0 Å². The number of amides is 1. The third kappa shape index (κ3) is 2.32. The number of rotatable bonds is 3. The maximum absolute atomic E-state index is 11.9. The summed E-state index contributed by atoms with van der Waals surface area (Å²) in [7, 11) is 0. The van der Waals surface area contributed by atoms with Crippen LogP contribution in [0.25, 0.3) is 0 Å². The van der Waals surface area contributed by atoms with E-state index in [1.807, 2.05) is 6.92 Å². The van der Waals surface area contributed by atoms with E-state index >= 15 is 0 Å². The van der Waals surface area contributed by atoms with Gasteiger partial charge in [0, 0.05) is 32.2 Å². The molecular weight excluding hydrogens is 190 g/mol. The van der Waals surface area contributed by atoms with Crippen LogP contribution in [0, 0.1) is 0 Å². The minimum atomic E-state index is 0.0593. The maximum atomic E-state index is 11.9. The van der Waals surface area contributed by atoms with Crippen LogP contribution in [-0.4, -0.2) is 49.1 Å². The normalized spacial score (nSPS) is 28.5. The molecule has 0 radical (unpaired) electrons. The SMILES string of the molecule is CCNC(=O)C1CNCCN1C1CCC1. The van der Waals surface area contributed by atoms with Gasteiger partial charge in [0.2, 0.25) is 5.91 Å². The van der Waals surface area contributed by atoms with E-state index in [4.69, 9.17) is 0 Å². The lowest BCUT2D eigenvalue weighted by Crippen LogP contribution is -2.61. The number of carbonyl (C=O) groups excluding carboxylic acids is 1. The minimum absolute atomic E-state index is 0.0593. The molecule has 1 saturated carbocycles. The van der Waals surface area contributed by atoms with Gasteiger partial charge in [0.05, 0.1) is 0 Å². The molecule has 1 heterocycles. The highest BCUT2D eigenvalue weighted by Crippen LogP contribution is 2.26. The zero-order chi connectivity index (χ0) is 10.7. The lowest BCUT2D eigenvalue weighted by molar-refractivity contribution is -0.128. The van der Waals surface area contributed by atoms with Crippen LogP contribution < -0.4 is 10.6 Å².